The Labute approximate surface area is 140 Å². The first kappa shape index (κ1) is 17.8. The Morgan fingerprint density at radius 1 is 1.21 bits per heavy atom. The van der Waals surface area contributed by atoms with Gasteiger partial charge in [0.2, 0.25) is 0 Å². The summed E-state index contributed by atoms with van der Waals surface area (Å²) in [6.07, 6.45) is 1.17. The highest BCUT2D eigenvalue weighted by molar-refractivity contribution is 5.92. The van der Waals surface area contributed by atoms with Gasteiger partial charge in [0.05, 0.1) is 13.3 Å². The van der Waals surface area contributed by atoms with Crippen LogP contribution in [0.3, 0.4) is 0 Å². The maximum absolute atomic E-state index is 12.1. The number of nitrogens with zero attached hydrogens (tertiary/aromatic N) is 4. The van der Waals surface area contributed by atoms with E-state index in [0.29, 0.717) is 32.0 Å². The van der Waals surface area contributed by atoms with Crippen molar-refractivity contribution in [3.05, 3.63) is 11.9 Å². The second-order valence-corrected chi connectivity index (χ2v) is 6.41. The minimum absolute atomic E-state index is 0.00966. The lowest BCUT2D eigenvalue weighted by Gasteiger charge is -2.36. The molecule has 9 nitrogen and oxygen atoms in total. The number of methoxy groups -OCH3 is 1. The van der Waals surface area contributed by atoms with Crippen molar-refractivity contribution >= 4 is 23.7 Å². The Morgan fingerprint density at radius 2 is 1.83 bits per heavy atom. The molecule has 1 amide bonds. The van der Waals surface area contributed by atoms with Crippen LogP contribution in [0.4, 0.5) is 16.4 Å². The van der Waals surface area contributed by atoms with Crippen LogP contribution < -0.4 is 10.6 Å². The van der Waals surface area contributed by atoms with E-state index in [1.54, 1.807) is 4.90 Å². The molecular formula is C15H23N5O4. The molecule has 24 heavy (non-hydrogen) atoms. The van der Waals surface area contributed by atoms with Crippen LogP contribution >= 0.6 is 0 Å². The lowest BCUT2D eigenvalue weighted by molar-refractivity contribution is 0.0240. The van der Waals surface area contributed by atoms with Crippen LogP contribution in [0, 0.1) is 0 Å². The third-order valence-corrected chi connectivity index (χ3v) is 3.42. The van der Waals surface area contributed by atoms with Crippen molar-refractivity contribution in [2.24, 2.45) is 0 Å². The quantitative estimate of drug-likeness (QED) is 0.793. The van der Waals surface area contributed by atoms with Crippen molar-refractivity contribution in [1.29, 1.82) is 0 Å². The summed E-state index contributed by atoms with van der Waals surface area (Å²) < 4.78 is 10.0. The van der Waals surface area contributed by atoms with Gasteiger partial charge in [0.1, 0.15) is 11.4 Å². The summed E-state index contributed by atoms with van der Waals surface area (Å²) in [5.74, 6) is -0.0827. The first-order valence-electron chi connectivity index (χ1n) is 7.65. The highest BCUT2D eigenvalue weighted by Crippen LogP contribution is 2.18. The van der Waals surface area contributed by atoms with E-state index in [0.717, 1.165) is 0 Å². The summed E-state index contributed by atoms with van der Waals surface area (Å²) in [4.78, 5) is 35.5. The number of piperazine rings is 1. The van der Waals surface area contributed by atoms with E-state index in [1.807, 2.05) is 25.7 Å². The van der Waals surface area contributed by atoms with Crippen LogP contribution in [-0.4, -0.2) is 65.8 Å². The van der Waals surface area contributed by atoms with Gasteiger partial charge in [0.15, 0.2) is 11.5 Å². The number of nitrogen functional groups attached to an aromatic ring is 1. The lowest BCUT2D eigenvalue weighted by atomic mass is 10.2. The van der Waals surface area contributed by atoms with Gasteiger partial charge >= 0.3 is 12.1 Å². The van der Waals surface area contributed by atoms with Crippen LogP contribution in [0.1, 0.15) is 31.3 Å². The fraction of sp³-hybridized carbons (Fsp3) is 0.600. The highest BCUT2D eigenvalue weighted by Gasteiger charge is 2.27. The zero-order chi connectivity index (χ0) is 17.9. The number of anilines is 2. The summed E-state index contributed by atoms with van der Waals surface area (Å²) in [5.41, 5.74) is 5.12. The van der Waals surface area contributed by atoms with Crippen molar-refractivity contribution < 1.29 is 19.1 Å². The molecule has 0 aliphatic carbocycles. The molecule has 1 saturated heterocycles. The lowest BCUT2D eigenvalue weighted by Crippen LogP contribution is -2.50. The van der Waals surface area contributed by atoms with Crippen LogP contribution in [0.25, 0.3) is 0 Å². The predicted molar refractivity (Wildman–Crippen MR) is 87.8 cm³/mol. The largest absolute Gasteiger partial charge is 0.464 e. The molecular weight excluding hydrogens is 314 g/mol. The van der Waals surface area contributed by atoms with E-state index >= 15 is 0 Å². The summed E-state index contributed by atoms with van der Waals surface area (Å²) in [7, 11) is 1.26. The molecule has 0 saturated carbocycles. The molecule has 1 aliphatic heterocycles. The van der Waals surface area contributed by atoms with Gasteiger partial charge in [-0.1, -0.05) is 0 Å². The molecule has 0 bridgehead atoms. The van der Waals surface area contributed by atoms with Gasteiger partial charge in [-0.05, 0) is 20.8 Å². The fourth-order valence-electron chi connectivity index (χ4n) is 2.23. The van der Waals surface area contributed by atoms with Gasteiger partial charge in [-0.2, -0.15) is 0 Å². The minimum atomic E-state index is -0.630. The Hall–Kier alpha value is -2.58. The van der Waals surface area contributed by atoms with E-state index < -0.39 is 11.6 Å². The average molecular weight is 337 g/mol. The van der Waals surface area contributed by atoms with Crippen molar-refractivity contribution in [1.82, 2.24) is 14.9 Å². The Bertz CT molecular complexity index is 621. The number of esters is 1. The van der Waals surface area contributed by atoms with Crippen LogP contribution in [0.2, 0.25) is 0 Å². The Morgan fingerprint density at radius 3 is 2.38 bits per heavy atom. The Balaban J connectivity index is 2.02. The molecule has 0 unspecified atom stereocenters. The van der Waals surface area contributed by atoms with Crippen molar-refractivity contribution in [2.45, 2.75) is 26.4 Å². The molecule has 2 N–H and O–H groups in total. The maximum Gasteiger partial charge on any atom is 0.410 e. The molecule has 132 valence electrons. The number of carbonyl (C=O) groups is 2. The molecule has 2 rings (SSSR count). The molecule has 9 heteroatoms. The predicted octanol–water partition coefficient (Wildman–Crippen LogP) is 0.902. The van der Waals surface area contributed by atoms with E-state index in [9.17, 15) is 9.59 Å². The SMILES string of the molecule is COC(=O)c1nc(N2CCN(C(=O)OC(C)(C)C)CC2)cnc1N. The zero-order valence-corrected chi connectivity index (χ0v) is 14.4. The van der Waals surface area contributed by atoms with Crippen molar-refractivity contribution in [3.63, 3.8) is 0 Å². The standard InChI is InChI=1S/C15H23N5O4/c1-15(2,3)24-14(22)20-7-5-19(6-8-20)10-9-17-12(16)11(18-10)13(21)23-4/h9H,5-8H2,1-4H3,(H2,16,17). The zero-order valence-electron chi connectivity index (χ0n) is 14.4. The van der Waals surface area contributed by atoms with Gasteiger partial charge in [-0.3, -0.25) is 0 Å². The fourth-order valence-corrected chi connectivity index (χ4v) is 2.23. The number of hydrogen-bond donors (Lipinski definition) is 1. The first-order valence-corrected chi connectivity index (χ1v) is 7.65. The van der Waals surface area contributed by atoms with Crippen molar-refractivity contribution in [3.8, 4) is 0 Å². The third-order valence-electron chi connectivity index (χ3n) is 3.42. The number of amides is 1. The number of nitrogens with two attached hydrogens (primary N) is 1. The van der Waals surface area contributed by atoms with Gasteiger partial charge in [0.25, 0.3) is 0 Å². The first-order chi connectivity index (χ1) is 11.2. The normalized spacial score (nSPS) is 15.2. The second-order valence-electron chi connectivity index (χ2n) is 6.41. The molecule has 1 aromatic rings. The van der Waals surface area contributed by atoms with Gasteiger partial charge in [-0.25, -0.2) is 19.6 Å². The molecule has 1 aliphatic rings. The maximum atomic E-state index is 12.1. The molecule has 0 atom stereocenters. The third kappa shape index (κ3) is 4.24. The van der Waals surface area contributed by atoms with Crippen LogP contribution in [0.5, 0.6) is 0 Å². The van der Waals surface area contributed by atoms with E-state index in [1.165, 1.54) is 13.3 Å². The Kier molecular flexibility index (Phi) is 5.10. The van der Waals surface area contributed by atoms with Crippen LogP contribution in [0.15, 0.2) is 6.20 Å². The average Bonchev–Trinajstić information content (AvgIpc) is 2.53. The smallest absolute Gasteiger partial charge is 0.410 e. The number of hydrogen-bond acceptors (Lipinski definition) is 8. The number of aromatic nitrogens is 2. The summed E-state index contributed by atoms with van der Waals surface area (Å²) in [5, 5.41) is 0. The number of ether oxygens (including phenoxy) is 2. The van der Waals surface area contributed by atoms with Crippen molar-refractivity contribution in [2.75, 3.05) is 43.9 Å². The monoisotopic (exact) mass is 337 g/mol. The number of carbonyl (C=O) groups excluding carboxylic acids is 2. The van der Waals surface area contributed by atoms with Gasteiger partial charge in [-0.15, -0.1) is 0 Å². The van der Waals surface area contributed by atoms with E-state index in [-0.39, 0.29) is 17.6 Å². The van der Waals surface area contributed by atoms with E-state index in [2.05, 4.69) is 14.7 Å². The second kappa shape index (κ2) is 6.90. The van der Waals surface area contributed by atoms with Gasteiger partial charge in [0, 0.05) is 26.2 Å². The summed E-state index contributed by atoms with van der Waals surface area (Å²) >= 11 is 0. The summed E-state index contributed by atoms with van der Waals surface area (Å²) in [6.45, 7) is 7.60. The van der Waals surface area contributed by atoms with Gasteiger partial charge < -0.3 is 25.0 Å². The summed E-state index contributed by atoms with van der Waals surface area (Å²) in [6, 6.07) is 0. The highest BCUT2D eigenvalue weighted by atomic mass is 16.6. The molecule has 2 heterocycles. The molecule has 0 spiro atoms. The number of rotatable bonds is 2. The van der Waals surface area contributed by atoms with Crippen LogP contribution in [-0.2, 0) is 9.47 Å². The molecule has 0 aromatic carbocycles. The topological polar surface area (TPSA) is 111 Å². The van der Waals surface area contributed by atoms with E-state index in [4.69, 9.17) is 10.5 Å². The molecule has 0 radical (unpaired) electrons. The minimum Gasteiger partial charge on any atom is -0.464 e. The molecule has 1 fully saturated rings. The molecule has 1 aromatic heterocycles.